The van der Waals surface area contributed by atoms with Gasteiger partial charge in [-0.2, -0.15) is 5.90 Å². The zero-order valence-electron chi connectivity index (χ0n) is 21.1. The molecule has 2 N–H and O–H groups in total. The molecule has 0 atom stereocenters. The van der Waals surface area contributed by atoms with Gasteiger partial charge in [0.05, 0.1) is 16.8 Å². The molecule has 2 aromatic rings. The maximum Gasteiger partial charge on any atom is 0.410 e. The van der Waals surface area contributed by atoms with Gasteiger partial charge in [-0.25, -0.2) is 9.79 Å². The molecule has 2 aromatic carbocycles. The standard InChI is InChI=1S/C27H34ClN3O4/c1-17(2)33-24-11-10-20(16-23(24)28)25(35-29)30-18(3)21-9-7-8-19-12-14-31(15-13-22(19)21)26(32)34-27(4,5)6/h7-11,16-17H,3,12-15,29H2,1-2,4-6H3. The van der Waals surface area contributed by atoms with Crippen LogP contribution in [-0.2, 0) is 22.4 Å². The first-order chi connectivity index (χ1) is 16.5. The van der Waals surface area contributed by atoms with E-state index < -0.39 is 5.60 Å². The maximum absolute atomic E-state index is 12.6. The Bertz CT molecular complexity index is 1120. The van der Waals surface area contributed by atoms with Crippen LogP contribution in [0, 0.1) is 0 Å². The first kappa shape index (κ1) is 26.6. The van der Waals surface area contributed by atoms with E-state index in [2.05, 4.69) is 17.6 Å². The molecule has 3 rings (SSSR count). The number of hydrogen-bond donors (Lipinski definition) is 1. The van der Waals surface area contributed by atoms with Gasteiger partial charge in [0.25, 0.3) is 0 Å². The van der Waals surface area contributed by atoms with Crippen LogP contribution in [0.15, 0.2) is 48.0 Å². The van der Waals surface area contributed by atoms with Crippen LogP contribution in [0.4, 0.5) is 4.79 Å². The molecule has 1 aliphatic heterocycles. The number of nitrogens with zero attached hydrogens (tertiary/aromatic N) is 2. The number of benzene rings is 2. The van der Waals surface area contributed by atoms with Gasteiger partial charge in [0.2, 0.25) is 5.90 Å². The Morgan fingerprint density at radius 1 is 1.17 bits per heavy atom. The Morgan fingerprint density at radius 3 is 2.51 bits per heavy atom. The fraction of sp³-hybridized carbons (Fsp3) is 0.407. The Hall–Kier alpha value is -3.03. The lowest BCUT2D eigenvalue weighted by atomic mass is 9.96. The summed E-state index contributed by atoms with van der Waals surface area (Å²) < 4.78 is 11.3. The molecule has 0 spiro atoms. The van der Waals surface area contributed by atoms with E-state index >= 15 is 0 Å². The Morgan fingerprint density at radius 2 is 1.89 bits per heavy atom. The minimum atomic E-state index is -0.537. The summed E-state index contributed by atoms with van der Waals surface area (Å²) in [5, 5.41) is 0.433. The molecule has 1 heterocycles. The van der Waals surface area contributed by atoms with Crippen LogP contribution in [0.2, 0.25) is 5.02 Å². The van der Waals surface area contributed by atoms with Gasteiger partial charge in [-0.15, -0.1) is 0 Å². The van der Waals surface area contributed by atoms with Gasteiger partial charge in [-0.1, -0.05) is 36.4 Å². The molecule has 0 fully saturated rings. The summed E-state index contributed by atoms with van der Waals surface area (Å²) >= 11 is 6.38. The van der Waals surface area contributed by atoms with Crippen LogP contribution >= 0.6 is 11.6 Å². The Labute approximate surface area is 212 Å². The van der Waals surface area contributed by atoms with E-state index in [0.29, 0.717) is 48.0 Å². The third-order valence-corrected chi connectivity index (χ3v) is 5.70. The predicted octanol–water partition coefficient (Wildman–Crippen LogP) is 5.77. The molecule has 188 valence electrons. The Balaban J connectivity index is 1.84. The number of hydrogen-bond acceptors (Lipinski definition) is 6. The van der Waals surface area contributed by atoms with Crippen molar-refractivity contribution >= 4 is 29.3 Å². The van der Waals surface area contributed by atoms with E-state index in [9.17, 15) is 4.79 Å². The fourth-order valence-corrected chi connectivity index (χ4v) is 4.11. The molecule has 8 heteroatoms. The molecule has 0 aromatic heterocycles. The van der Waals surface area contributed by atoms with Crippen LogP contribution < -0.4 is 10.6 Å². The lowest BCUT2D eigenvalue weighted by Gasteiger charge is -2.26. The number of carbonyl (C=O) groups excluding carboxylic acids is 1. The number of amides is 1. The second-order valence-corrected chi connectivity index (χ2v) is 10.1. The summed E-state index contributed by atoms with van der Waals surface area (Å²) in [6.07, 6.45) is 1.07. The van der Waals surface area contributed by atoms with Crippen LogP contribution in [0.5, 0.6) is 5.75 Å². The molecule has 0 radical (unpaired) electrons. The third-order valence-electron chi connectivity index (χ3n) is 5.41. The third kappa shape index (κ3) is 6.99. The second-order valence-electron chi connectivity index (χ2n) is 9.70. The number of carbonyl (C=O) groups is 1. The smallest absolute Gasteiger partial charge is 0.410 e. The van der Waals surface area contributed by atoms with Crippen molar-refractivity contribution in [1.29, 1.82) is 0 Å². The quantitative estimate of drug-likeness (QED) is 0.320. The average Bonchev–Trinajstić information content (AvgIpc) is 3.00. The molecular formula is C27H34ClN3O4. The van der Waals surface area contributed by atoms with E-state index in [-0.39, 0.29) is 18.1 Å². The highest BCUT2D eigenvalue weighted by molar-refractivity contribution is 6.32. The van der Waals surface area contributed by atoms with Crippen molar-refractivity contribution < 1.29 is 19.1 Å². The molecule has 1 aliphatic rings. The highest BCUT2D eigenvalue weighted by atomic mass is 35.5. The van der Waals surface area contributed by atoms with Gasteiger partial charge < -0.3 is 19.2 Å². The van der Waals surface area contributed by atoms with Gasteiger partial charge >= 0.3 is 6.09 Å². The summed E-state index contributed by atoms with van der Waals surface area (Å²) in [5.74, 6) is 6.32. The normalized spacial score (nSPS) is 14.3. The first-order valence-corrected chi connectivity index (χ1v) is 12.1. The largest absolute Gasteiger partial charge is 0.489 e. The molecular weight excluding hydrogens is 466 g/mol. The summed E-state index contributed by atoms with van der Waals surface area (Å²) in [6.45, 7) is 14.8. The average molecular weight is 500 g/mol. The molecule has 0 saturated carbocycles. The van der Waals surface area contributed by atoms with Crippen LogP contribution in [-0.4, -0.2) is 41.7 Å². The highest BCUT2D eigenvalue weighted by Gasteiger charge is 2.25. The Kier molecular flexibility index (Phi) is 8.46. The number of fused-ring (bicyclic) bond motifs is 1. The maximum atomic E-state index is 12.6. The van der Waals surface area contributed by atoms with Crippen molar-refractivity contribution in [3.8, 4) is 5.75 Å². The van der Waals surface area contributed by atoms with Crippen LogP contribution in [0.25, 0.3) is 5.70 Å². The zero-order valence-corrected chi connectivity index (χ0v) is 21.8. The minimum Gasteiger partial charge on any atom is -0.489 e. The summed E-state index contributed by atoms with van der Waals surface area (Å²) in [7, 11) is 0. The summed E-state index contributed by atoms with van der Waals surface area (Å²) in [4.78, 5) is 24.0. The van der Waals surface area contributed by atoms with Gasteiger partial charge in [-0.3, -0.25) is 0 Å². The summed E-state index contributed by atoms with van der Waals surface area (Å²) in [5.41, 5.74) is 3.71. The molecule has 0 aliphatic carbocycles. The van der Waals surface area contributed by atoms with Crippen LogP contribution in [0.3, 0.4) is 0 Å². The van der Waals surface area contributed by atoms with Gasteiger partial charge in [0.1, 0.15) is 11.4 Å². The van der Waals surface area contributed by atoms with E-state index in [1.807, 2.05) is 46.8 Å². The topological polar surface area (TPSA) is 86.4 Å². The van der Waals surface area contributed by atoms with E-state index in [1.165, 1.54) is 0 Å². The summed E-state index contributed by atoms with van der Waals surface area (Å²) in [6, 6.07) is 11.2. The lowest BCUT2D eigenvalue weighted by Crippen LogP contribution is -2.38. The first-order valence-electron chi connectivity index (χ1n) is 11.7. The number of nitrogens with two attached hydrogens (primary N) is 1. The molecule has 7 nitrogen and oxygen atoms in total. The molecule has 1 amide bonds. The monoisotopic (exact) mass is 499 g/mol. The van der Waals surface area contributed by atoms with Crippen molar-refractivity contribution in [2.75, 3.05) is 13.1 Å². The second kappa shape index (κ2) is 11.1. The number of rotatable bonds is 5. The number of ether oxygens (including phenoxy) is 2. The van der Waals surface area contributed by atoms with Crippen molar-refractivity contribution in [1.82, 2.24) is 4.90 Å². The van der Waals surface area contributed by atoms with Crippen molar-refractivity contribution in [2.45, 2.75) is 59.2 Å². The minimum absolute atomic E-state index is 0.00314. The van der Waals surface area contributed by atoms with E-state index in [1.54, 1.807) is 23.1 Å². The predicted molar refractivity (Wildman–Crippen MR) is 140 cm³/mol. The number of halogens is 1. The fourth-order valence-electron chi connectivity index (χ4n) is 3.88. The lowest BCUT2D eigenvalue weighted by molar-refractivity contribution is 0.0258. The highest BCUT2D eigenvalue weighted by Crippen LogP contribution is 2.29. The van der Waals surface area contributed by atoms with E-state index in [0.717, 1.165) is 16.7 Å². The van der Waals surface area contributed by atoms with Gasteiger partial charge in [-0.05, 0) is 76.8 Å². The molecule has 0 bridgehead atoms. The van der Waals surface area contributed by atoms with Crippen molar-refractivity contribution in [2.24, 2.45) is 10.9 Å². The van der Waals surface area contributed by atoms with Crippen molar-refractivity contribution in [3.63, 3.8) is 0 Å². The molecule has 0 unspecified atom stereocenters. The van der Waals surface area contributed by atoms with Gasteiger partial charge in [0, 0.05) is 24.2 Å². The SMILES string of the molecule is C=C(N=C(ON)c1ccc(OC(C)C)c(Cl)c1)c1cccc2c1CCN(C(=O)OC(C)(C)C)CC2. The number of aliphatic imine (C=N–C) groups is 1. The van der Waals surface area contributed by atoms with E-state index in [4.69, 9.17) is 31.8 Å². The molecule has 35 heavy (non-hydrogen) atoms. The van der Waals surface area contributed by atoms with Gasteiger partial charge in [0.15, 0.2) is 0 Å². The van der Waals surface area contributed by atoms with Crippen LogP contribution in [0.1, 0.15) is 56.9 Å². The zero-order chi connectivity index (χ0) is 25.8. The van der Waals surface area contributed by atoms with Crippen molar-refractivity contribution in [3.05, 3.63) is 70.3 Å². The molecule has 0 saturated heterocycles.